The number of rotatable bonds is 5. The number of nitrogens with one attached hydrogen (secondary N) is 2. The van der Waals surface area contributed by atoms with E-state index in [4.69, 9.17) is 11.6 Å². The normalized spacial score (nSPS) is 14.8. The van der Waals surface area contributed by atoms with E-state index in [0.29, 0.717) is 10.6 Å². The van der Waals surface area contributed by atoms with Crippen molar-refractivity contribution in [2.75, 3.05) is 5.32 Å². The number of carbonyl (C=O) groups is 2. The Balaban J connectivity index is 1.51. The first-order valence-corrected chi connectivity index (χ1v) is 10.6. The topological polar surface area (TPSA) is 58.2 Å². The Morgan fingerprint density at radius 2 is 1.55 bits per heavy atom. The van der Waals surface area contributed by atoms with Gasteiger partial charge in [-0.25, -0.2) is 4.39 Å². The van der Waals surface area contributed by atoms with Crippen molar-refractivity contribution in [2.24, 2.45) is 0 Å². The fourth-order valence-corrected chi connectivity index (χ4v) is 4.28. The molecule has 0 heterocycles. The van der Waals surface area contributed by atoms with E-state index in [1.807, 2.05) is 30.3 Å². The van der Waals surface area contributed by atoms with Gasteiger partial charge in [-0.05, 0) is 54.8 Å². The van der Waals surface area contributed by atoms with Crippen molar-refractivity contribution >= 4 is 29.1 Å². The molecule has 6 heteroatoms. The molecule has 4 nitrogen and oxygen atoms in total. The zero-order valence-corrected chi connectivity index (χ0v) is 17.6. The van der Waals surface area contributed by atoms with Crippen molar-refractivity contribution in [3.05, 3.63) is 100 Å². The third-order valence-corrected chi connectivity index (χ3v) is 5.94. The van der Waals surface area contributed by atoms with Crippen LogP contribution >= 0.6 is 11.6 Å². The minimum absolute atomic E-state index is 0.000152. The zero-order valence-electron chi connectivity index (χ0n) is 16.8. The Kier molecular flexibility index (Phi) is 6.05. The summed E-state index contributed by atoms with van der Waals surface area (Å²) in [5.74, 6) is -1.49. The summed E-state index contributed by atoms with van der Waals surface area (Å²) in [6.45, 7) is 0. The molecule has 1 saturated carbocycles. The molecule has 0 bridgehead atoms. The van der Waals surface area contributed by atoms with Crippen molar-refractivity contribution in [1.82, 2.24) is 5.32 Å². The van der Waals surface area contributed by atoms with Gasteiger partial charge in [0.1, 0.15) is 5.82 Å². The maximum absolute atomic E-state index is 14.7. The summed E-state index contributed by atoms with van der Waals surface area (Å²) < 4.78 is 14.7. The van der Waals surface area contributed by atoms with Crippen LogP contribution in [-0.2, 0) is 5.54 Å². The fourth-order valence-electron chi connectivity index (χ4n) is 4.09. The molecule has 3 aromatic rings. The van der Waals surface area contributed by atoms with Crippen LogP contribution < -0.4 is 10.6 Å². The Morgan fingerprint density at radius 1 is 0.839 bits per heavy atom. The van der Waals surface area contributed by atoms with Gasteiger partial charge in [-0.2, -0.15) is 0 Å². The number of benzene rings is 3. The largest absolute Gasteiger partial charge is 0.343 e. The van der Waals surface area contributed by atoms with Crippen molar-refractivity contribution < 1.29 is 14.0 Å². The summed E-state index contributed by atoms with van der Waals surface area (Å²) in [4.78, 5) is 25.3. The highest BCUT2D eigenvalue weighted by Crippen LogP contribution is 2.39. The zero-order chi connectivity index (χ0) is 21.8. The van der Waals surface area contributed by atoms with Gasteiger partial charge in [0.05, 0.1) is 11.2 Å². The van der Waals surface area contributed by atoms with E-state index >= 15 is 0 Å². The molecule has 1 aliphatic carbocycles. The van der Waals surface area contributed by atoms with E-state index in [1.54, 1.807) is 18.2 Å². The standard InChI is InChI=1S/C25H22ClFN2O2/c26-20-10-6-7-17(15-20)23(30)28-22-12-11-18(16-21(22)27)24(31)29-25(13-4-5-14-25)19-8-2-1-3-9-19/h1-3,6-12,15-16H,4-5,13-14H2,(H,28,30)(H,29,31). The molecule has 2 N–H and O–H groups in total. The third kappa shape index (κ3) is 4.62. The minimum atomic E-state index is -0.678. The second kappa shape index (κ2) is 8.90. The smallest absolute Gasteiger partial charge is 0.255 e. The molecule has 3 aromatic carbocycles. The van der Waals surface area contributed by atoms with Gasteiger partial charge in [0.15, 0.2) is 0 Å². The Bertz CT molecular complexity index is 1110. The molecule has 158 valence electrons. The van der Waals surface area contributed by atoms with Crippen molar-refractivity contribution in [2.45, 2.75) is 31.2 Å². The molecule has 0 aliphatic heterocycles. The monoisotopic (exact) mass is 436 g/mol. The fraction of sp³-hybridized carbons (Fsp3) is 0.200. The molecule has 4 rings (SSSR count). The van der Waals surface area contributed by atoms with Gasteiger partial charge >= 0.3 is 0 Å². The van der Waals surface area contributed by atoms with E-state index < -0.39 is 17.3 Å². The molecule has 2 amide bonds. The van der Waals surface area contributed by atoms with Gasteiger partial charge < -0.3 is 10.6 Å². The first-order valence-electron chi connectivity index (χ1n) is 10.2. The van der Waals surface area contributed by atoms with Gasteiger partial charge in [-0.1, -0.05) is 60.8 Å². The molecular weight excluding hydrogens is 415 g/mol. The lowest BCUT2D eigenvalue weighted by molar-refractivity contribution is 0.0897. The summed E-state index contributed by atoms with van der Waals surface area (Å²) >= 11 is 5.91. The minimum Gasteiger partial charge on any atom is -0.343 e. The third-order valence-electron chi connectivity index (χ3n) is 5.70. The number of amides is 2. The summed E-state index contributed by atoms with van der Waals surface area (Å²) in [6.07, 6.45) is 3.74. The van der Waals surface area contributed by atoms with Crippen molar-refractivity contribution in [1.29, 1.82) is 0 Å². The SMILES string of the molecule is O=C(Nc1ccc(C(=O)NC2(c3ccccc3)CCCC2)cc1F)c1cccc(Cl)c1. The van der Waals surface area contributed by atoms with Crippen LogP contribution in [0.1, 0.15) is 52.0 Å². The van der Waals surface area contributed by atoms with E-state index in [1.165, 1.54) is 18.2 Å². The lowest BCUT2D eigenvalue weighted by Gasteiger charge is -2.31. The summed E-state index contributed by atoms with van der Waals surface area (Å²) in [5.41, 5.74) is 1.15. The van der Waals surface area contributed by atoms with Crippen molar-refractivity contribution in [3.8, 4) is 0 Å². The van der Waals surface area contributed by atoms with Crippen LogP contribution in [0.3, 0.4) is 0 Å². The molecule has 0 saturated heterocycles. The second-order valence-corrected chi connectivity index (χ2v) is 8.20. The van der Waals surface area contributed by atoms with Gasteiger partial charge in [-0.3, -0.25) is 9.59 Å². The predicted molar refractivity (Wildman–Crippen MR) is 120 cm³/mol. The molecule has 0 aromatic heterocycles. The number of carbonyl (C=O) groups excluding carboxylic acids is 2. The average molecular weight is 437 g/mol. The molecule has 1 fully saturated rings. The van der Waals surface area contributed by atoms with E-state index in [2.05, 4.69) is 10.6 Å². The predicted octanol–water partition coefficient (Wildman–Crippen LogP) is 5.93. The summed E-state index contributed by atoms with van der Waals surface area (Å²) in [6, 6.07) is 20.3. The van der Waals surface area contributed by atoms with Crippen LogP contribution in [0, 0.1) is 5.82 Å². The van der Waals surface area contributed by atoms with Gasteiger partial charge in [-0.15, -0.1) is 0 Å². The molecule has 0 radical (unpaired) electrons. The highest BCUT2D eigenvalue weighted by Gasteiger charge is 2.37. The van der Waals surface area contributed by atoms with Gasteiger partial charge in [0.25, 0.3) is 11.8 Å². The van der Waals surface area contributed by atoms with Crippen LogP contribution in [0.15, 0.2) is 72.8 Å². The summed E-state index contributed by atoms with van der Waals surface area (Å²) in [5, 5.41) is 6.08. The van der Waals surface area contributed by atoms with Gasteiger partial charge in [0, 0.05) is 16.1 Å². The highest BCUT2D eigenvalue weighted by atomic mass is 35.5. The highest BCUT2D eigenvalue weighted by molar-refractivity contribution is 6.31. The number of hydrogen-bond donors (Lipinski definition) is 2. The van der Waals surface area contributed by atoms with Gasteiger partial charge in [0.2, 0.25) is 0 Å². The number of hydrogen-bond acceptors (Lipinski definition) is 2. The lowest BCUT2D eigenvalue weighted by atomic mass is 9.88. The van der Waals surface area contributed by atoms with Crippen LogP contribution in [0.5, 0.6) is 0 Å². The van der Waals surface area contributed by atoms with E-state index in [9.17, 15) is 14.0 Å². The van der Waals surface area contributed by atoms with Crippen LogP contribution in [0.2, 0.25) is 5.02 Å². The number of anilines is 1. The Labute approximate surface area is 185 Å². The first kappa shape index (κ1) is 21.1. The quantitative estimate of drug-likeness (QED) is 0.520. The average Bonchev–Trinajstić information content (AvgIpc) is 3.25. The molecule has 1 aliphatic rings. The van der Waals surface area contributed by atoms with E-state index in [-0.39, 0.29) is 17.2 Å². The second-order valence-electron chi connectivity index (χ2n) is 7.77. The summed E-state index contributed by atoms with van der Waals surface area (Å²) in [7, 11) is 0. The van der Waals surface area contributed by atoms with Crippen LogP contribution in [0.4, 0.5) is 10.1 Å². The van der Waals surface area contributed by atoms with Crippen LogP contribution in [-0.4, -0.2) is 11.8 Å². The maximum atomic E-state index is 14.7. The first-order chi connectivity index (χ1) is 15.0. The molecule has 0 unspecified atom stereocenters. The molecular formula is C25H22ClFN2O2. The Hall–Kier alpha value is -3.18. The maximum Gasteiger partial charge on any atom is 0.255 e. The van der Waals surface area contributed by atoms with Crippen LogP contribution in [0.25, 0.3) is 0 Å². The van der Waals surface area contributed by atoms with Crippen molar-refractivity contribution in [3.63, 3.8) is 0 Å². The molecule has 31 heavy (non-hydrogen) atoms. The molecule has 0 spiro atoms. The molecule has 0 atom stereocenters. The van der Waals surface area contributed by atoms with E-state index in [0.717, 1.165) is 37.3 Å². The number of halogens is 2. The Morgan fingerprint density at radius 3 is 2.23 bits per heavy atom. The lowest BCUT2D eigenvalue weighted by Crippen LogP contribution is -2.43.